The fourth-order valence-electron chi connectivity index (χ4n) is 2.36. The van der Waals surface area contributed by atoms with E-state index in [4.69, 9.17) is 4.74 Å². The van der Waals surface area contributed by atoms with Gasteiger partial charge in [-0.2, -0.15) is 0 Å². The fourth-order valence-corrected chi connectivity index (χ4v) is 2.73. The number of ether oxygens (including phenoxy) is 1. The van der Waals surface area contributed by atoms with E-state index in [9.17, 15) is 5.11 Å². The van der Waals surface area contributed by atoms with Gasteiger partial charge in [-0.15, -0.1) is 0 Å². The molecule has 1 N–H and O–H groups in total. The molecule has 2 rings (SSSR count). The second-order valence-corrected chi connectivity index (χ2v) is 5.95. The Morgan fingerprint density at radius 1 is 1.15 bits per heavy atom. The Labute approximate surface area is 128 Å². The summed E-state index contributed by atoms with van der Waals surface area (Å²) in [7, 11) is 1.66. The van der Waals surface area contributed by atoms with E-state index >= 15 is 0 Å². The minimum Gasteiger partial charge on any atom is -0.496 e. The molecule has 0 spiro atoms. The molecule has 1 atom stereocenters. The number of aryl methyl sites for hydroxylation is 2. The van der Waals surface area contributed by atoms with Gasteiger partial charge in [0.15, 0.2) is 0 Å². The quantitative estimate of drug-likeness (QED) is 0.900. The maximum atomic E-state index is 10.5. The first-order valence-electron chi connectivity index (χ1n) is 6.59. The van der Waals surface area contributed by atoms with Gasteiger partial charge in [0.1, 0.15) is 5.75 Å². The van der Waals surface area contributed by atoms with Crippen LogP contribution in [0.15, 0.2) is 40.9 Å². The van der Waals surface area contributed by atoms with Gasteiger partial charge in [0.25, 0.3) is 0 Å². The van der Waals surface area contributed by atoms with Crippen LogP contribution in [-0.4, -0.2) is 12.2 Å². The van der Waals surface area contributed by atoms with Crippen molar-refractivity contribution in [3.05, 3.63) is 63.1 Å². The van der Waals surface area contributed by atoms with Gasteiger partial charge < -0.3 is 9.84 Å². The topological polar surface area (TPSA) is 29.5 Å². The van der Waals surface area contributed by atoms with Crippen LogP contribution in [0, 0.1) is 13.8 Å². The number of halogens is 1. The van der Waals surface area contributed by atoms with Gasteiger partial charge in [-0.25, -0.2) is 0 Å². The molecule has 2 nitrogen and oxygen atoms in total. The second kappa shape index (κ2) is 6.42. The molecule has 3 heteroatoms. The lowest BCUT2D eigenvalue weighted by molar-refractivity contribution is 0.176. The van der Waals surface area contributed by atoms with Crippen LogP contribution in [0.3, 0.4) is 0 Å². The Balaban J connectivity index is 2.29. The summed E-state index contributed by atoms with van der Waals surface area (Å²) in [5.74, 6) is 0.822. The zero-order chi connectivity index (χ0) is 14.7. The van der Waals surface area contributed by atoms with Crippen molar-refractivity contribution in [2.24, 2.45) is 0 Å². The summed E-state index contributed by atoms with van der Waals surface area (Å²) in [5, 5.41) is 10.5. The van der Waals surface area contributed by atoms with Crippen molar-refractivity contribution in [2.75, 3.05) is 7.11 Å². The van der Waals surface area contributed by atoms with E-state index < -0.39 is 6.10 Å². The van der Waals surface area contributed by atoms with Crippen LogP contribution >= 0.6 is 15.9 Å². The first-order valence-corrected chi connectivity index (χ1v) is 7.38. The molecule has 0 aromatic heterocycles. The van der Waals surface area contributed by atoms with Crippen molar-refractivity contribution in [1.29, 1.82) is 0 Å². The SMILES string of the molecule is COc1ccc(C)cc1CC(O)c1cc(Br)ccc1C. The lowest BCUT2D eigenvalue weighted by atomic mass is 9.96. The van der Waals surface area contributed by atoms with Crippen molar-refractivity contribution in [2.45, 2.75) is 26.4 Å². The molecule has 106 valence electrons. The highest BCUT2D eigenvalue weighted by molar-refractivity contribution is 9.10. The number of aliphatic hydroxyl groups excluding tert-OH is 1. The van der Waals surface area contributed by atoms with Crippen LogP contribution in [0.1, 0.15) is 28.4 Å². The molecular weight excluding hydrogens is 316 g/mol. The molecule has 2 aromatic carbocycles. The highest BCUT2D eigenvalue weighted by Gasteiger charge is 2.14. The number of rotatable bonds is 4. The molecule has 0 amide bonds. The summed E-state index contributed by atoms with van der Waals surface area (Å²) in [6, 6.07) is 12.0. The van der Waals surface area contributed by atoms with Gasteiger partial charge in [0.2, 0.25) is 0 Å². The molecule has 0 aliphatic heterocycles. The third-order valence-electron chi connectivity index (χ3n) is 3.45. The molecule has 0 aliphatic rings. The van der Waals surface area contributed by atoms with Gasteiger partial charge in [-0.3, -0.25) is 0 Å². The van der Waals surface area contributed by atoms with E-state index in [1.807, 2.05) is 44.2 Å². The highest BCUT2D eigenvalue weighted by atomic mass is 79.9. The molecule has 0 fully saturated rings. The lowest BCUT2D eigenvalue weighted by Crippen LogP contribution is -2.05. The average Bonchev–Trinajstić information content (AvgIpc) is 2.41. The molecule has 1 unspecified atom stereocenters. The van der Waals surface area contributed by atoms with E-state index in [-0.39, 0.29) is 0 Å². The Morgan fingerprint density at radius 3 is 2.60 bits per heavy atom. The monoisotopic (exact) mass is 334 g/mol. The standard InChI is InChI=1S/C17H19BrO2/c1-11-4-7-17(20-3)13(8-11)9-16(19)15-10-14(18)6-5-12(15)2/h4-8,10,16,19H,9H2,1-3H3. The number of hydrogen-bond donors (Lipinski definition) is 1. The van der Waals surface area contributed by atoms with Gasteiger partial charge in [-0.05, 0) is 48.7 Å². The smallest absolute Gasteiger partial charge is 0.122 e. The average molecular weight is 335 g/mol. The van der Waals surface area contributed by atoms with E-state index in [2.05, 4.69) is 22.0 Å². The maximum Gasteiger partial charge on any atom is 0.122 e. The summed E-state index contributed by atoms with van der Waals surface area (Å²) in [4.78, 5) is 0. The van der Waals surface area contributed by atoms with Crippen LogP contribution in [0.4, 0.5) is 0 Å². The lowest BCUT2D eigenvalue weighted by Gasteiger charge is -2.16. The van der Waals surface area contributed by atoms with Crippen LogP contribution in [0.25, 0.3) is 0 Å². The third-order valence-corrected chi connectivity index (χ3v) is 3.94. The largest absolute Gasteiger partial charge is 0.496 e. The van der Waals surface area contributed by atoms with Crippen LogP contribution in [-0.2, 0) is 6.42 Å². The summed E-state index contributed by atoms with van der Waals surface area (Å²) in [5.41, 5.74) is 4.23. The van der Waals surface area contributed by atoms with Gasteiger partial charge in [-0.1, -0.05) is 39.7 Å². The second-order valence-electron chi connectivity index (χ2n) is 5.04. The number of benzene rings is 2. The molecule has 0 saturated heterocycles. The predicted molar refractivity (Wildman–Crippen MR) is 85.3 cm³/mol. The van der Waals surface area contributed by atoms with Crippen LogP contribution in [0.2, 0.25) is 0 Å². The minimum absolute atomic E-state index is 0.539. The molecule has 2 aromatic rings. The molecule has 20 heavy (non-hydrogen) atoms. The summed E-state index contributed by atoms with van der Waals surface area (Å²) >= 11 is 3.45. The predicted octanol–water partition coefficient (Wildman–Crippen LogP) is 4.35. The van der Waals surface area contributed by atoms with Gasteiger partial charge in [0, 0.05) is 10.9 Å². The Kier molecular flexibility index (Phi) is 4.84. The van der Waals surface area contributed by atoms with Crippen LogP contribution in [0.5, 0.6) is 5.75 Å². The van der Waals surface area contributed by atoms with Crippen LogP contribution < -0.4 is 4.74 Å². The zero-order valence-electron chi connectivity index (χ0n) is 12.0. The first kappa shape index (κ1) is 15.1. The Bertz CT molecular complexity index is 608. The first-order chi connectivity index (χ1) is 9.51. The van der Waals surface area contributed by atoms with Gasteiger partial charge >= 0.3 is 0 Å². The van der Waals surface area contributed by atoms with Crippen molar-refractivity contribution in [3.8, 4) is 5.75 Å². The van der Waals surface area contributed by atoms with E-state index in [1.165, 1.54) is 5.56 Å². The zero-order valence-corrected chi connectivity index (χ0v) is 13.6. The normalized spacial score (nSPS) is 12.2. The molecular formula is C17H19BrO2. The van der Waals surface area contributed by atoms with E-state index in [1.54, 1.807) is 7.11 Å². The number of methoxy groups -OCH3 is 1. The van der Waals surface area contributed by atoms with Gasteiger partial charge in [0.05, 0.1) is 13.2 Å². The summed E-state index contributed by atoms with van der Waals surface area (Å²) in [6.07, 6.45) is 0.00509. The number of aliphatic hydroxyl groups is 1. The third kappa shape index (κ3) is 3.41. The van der Waals surface area contributed by atoms with Crippen molar-refractivity contribution < 1.29 is 9.84 Å². The van der Waals surface area contributed by atoms with E-state index in [0.29, 0.717) is 6.42 Å². The molecule has 0 saturated carbocycles. The molecule has 0 radical (unpaired) electrons. The maximum absolute atomic E-state index is 10.5. The highest BCUT2D eigenvalue weighted by Crippen LogP contribution is 2.29. The van der Waals surface area contributed by atoms with Crippen molar-refractivity contribution >= 4 is 15.9 Å². The molecule has 0 heterocycles. The molecule has 0 bridgehead atoms. The molecule has 0 aliphatic carbocycles. The summed E-state index contributed by atoms with van der Waals surface area (Å²) < 4.78 is 6.35. The van der Waals surface area contributed by atoms with Crippen molar-refractivity contribution in [1.82, 2.24) is 0 Å². The Morgan fingerprint density at radius 2 is 1.90 bits per heavy atom. The van der Waals surface area contributed by atoms with Crippen molar-refractivity contribution in [3.63, 3.8) is 0 Å². The summed E-state index contributed by atoms with van der Waals surface area (Å²) in [6.45, 7) is 4.05. The Hall–Kier alpha value is -1.32. The number of hydrogen-bond acceptors (Lipinski definition) is 2. The minimum atomic E-state index is -0.539. The fraction of sp³-hybridized carbons (Fsp3) is 0.294. The van der Waals surface area contributed by atoms with E-state index in [0.717, 1.165) is 26.9 Å².